The number of rotatable bonds is 11. The summed E-state index contributed by atoms with van der Waals surface area (Å²) in [6.07, 6.45) is 11.6. The molecule has 0 atom stereocenters. The monoisotopic (exact) mass is 571 g/mol. The number of primary amides is 1. The Balaban J connectivity index is 1.40. The van der Waals surface area contributed by atoms with Gasteiger partial charge < -0.3 is 40.8 Å². The van der Waals surface area contributed by atoms with Crippen LogP contribution in [0.15, 0.2) is 60.0 Å². The number of likely N-dealkylation sites (N-methyl/N-ethyl adjacent to an activating group) is 1. The van der Waals surface area contributed by atoms with Crippen molar-refractivity contribution < 1.29 is 19.0 Å². The predicted molar refractivity (Wildman–Crippen MR) is 158 cm³/mol. The van der Waals surface area contributed by atoms with Gasteiger partial charge in [0.1, 0.15) is 24.9 Å². The Morgan fingerprint density at radius 2 is 2.12 bits per heavy atom. The van der Waals surface area contributed by atoms with Gasteiger partial charge in [-0.05, 0) is 40.2 Å². The van der Waals surface area contributed by atoms with E-state index in [1.807, 2.05) is 38.4 Å². The number of nitrogens with two attached hydrogens (primary N) is 1. The molecule has 0 bridgehead atoms. The molecular formula is C28H31N10O4+. The molecule has 0 saturated carbocycles. The largest absolute Gasteiger partial charge is 0.390 e. The average Bonchev–Trinajstić information content (AvgIpc) is 3.34. The van der Waals surface area contributed by atoms with Gasteiger partial charge in [-0.2, -0.15) is 0 Å². The van der Waals surface area contributed by atoms with Crippen LogP contribution in [0, 0.1) is 22.5 Å². The lowest BCUT2D eigenvalue weighted by molar-refractivity contribution is -0.898. The molecule has 14 heteroatoms. The summed E-state index contributed by atoms with van der Waals surface area (Å²) in [5.41, 5.74) is 8.61. The van der Waals surface area contributed by atoms with E-state index in [0.717, 1.165) is 22.5 Å². The number of nitrogens with one attached hydrogen (secondary N) is 3. The second-order valence-corrected chi connectivity index (χ2v) is 10.2. The van der Waals surface area contributed by atoms with Crippen molar-refractivity contribution in [1.29, 1.82) is 0 Å². The van der Waals surface area contributed by atoms with E-state index >= 15 is 0 Å². The minimum atomic E-state index is -0.555. The van der Waals surface area contributed by atoms with Crippen LogP contribution in [0.3, 0.4) is 0 Å². The highest BCUT2D eigenvalue weighted by molar-refractivity contribution is 6.13. The lowest BCUT2D eigenvalue weighted by atomic mass is 10.1. The van der Waals surface area contributed by atoms with Crippen LogP contribution in [0.1, 0.15) is 23.2 Å². The van der Waals surface area contributed by atoms with Crippen molar-refractivity contribution >= 4 is 40.7 Å². The number of hydrogen-bond donors (Lipinski definition) is 4. The van der Waals surface area contributed by atoms with Gasteiger partial charge in [-0.3, -0.25) is 9.59 Å². The summed E-state index contributed by atoms with van der Waals surface area (Å²) in [6, 6.07) is 9.12. The minimum absolute atomic E-state index is 0.0309. The summed E-state index contributed by atoms with van der Waals surface area (Å²) in [5, 5.41) is 20.7. The standard InChI is InChI=1S/C28H30N10O4/c1-4-19-7-5-8-20(13-19)34-27-21-14-25(30-15-22(21)31-17-32-27)35-26(40)9-6-12-38(2,3)16-23-28(37(41)42)33-18-36(23)11-10-24(29)39/h1,5-9,13-15,18H,10-12,16-17H2,2-3H3,(H4-,29,30,31,32,34,35,39,40)/p+1/b9-6+. The first kappa shape index (κ1) is 29.4. The number of carbonyl (C=O) groups is 2. The van der Waals surface area contributed by atoms with Crippen molar-refractivity contribution in [1.82, 2.24) is 14.5 Å². The average molecular weight is 572 g/mol. The fraction of sp³-hybridized carbons (Fsp3) is 0.250. The highest BCUT2D eigenvalue weighted by atomic mass is 16.6. The number of benzene rings is 1. The van der Waals surface area contributed by atoms with Gasteiger partial charge in [-0.1, -0.05) is 12.0 Å². The second kappa shape index (κ2) is 12.7. The molecule has 1 aromatic carbocycles. The minimum Gasteiger partial charge on any atom is -0.370 e. The van der Waals surface area contributed by atoms with Crippen molar-refractivity contribution in [3.05, 3.63) is 81.9 Å². The van der Waals surface area contributed by atoms with E-state index in [1.54, 1.807) is 22.9 Å². The second-order valence-electron chi connectivity index (χ2n) is 10.2. The van der Waals surface area contributed by atoms with Crippen LogP contribution >= 0.6 is 0 Å². The number of anilines is 3. The van der Waals surface area contributed by atoms with Crippen molar-refractivity contribution in [2.75, 3.05) is 43.3 Å². The number of nitro groups is 1. The summed E-state index contributed by atoms with van der Waals surface area (Å²) >= 11 is 0. The van der Waals surface area contributed by atoms with Crippen LogP contribution in [0.5, 0.6) is 0 Å². The lowest BCUT2D eigenvalue weighted by Gasteiger charge is -2.28. The van der Waals surface area contributed by atoms with E-state index < -0.39 is 16.7 Å². The van der Waals surface area contributed by atoms with Crippen molar-refractivity contribution in [2.45, 2.75) is 19.5 Å². The third-order valence-corrected chi connectivity index (χ3v) is 6.35. The molecule has 0 unspecified atom stereocenters. The molecule has 1 aliphatic heterocycles. The molecule has 0 saturated heterocycles. The number of aliphatic imine (C=N–C) groups is 1. The number of pyridine rings is 1. The molecule has 42 heavy (non-hydrogen) atoms. The van der Waals surface area contributed by atoms with E-state index in [2.05, 4.69) is 36.8 Å². The van der Waals surface area contributed by atoms with Gasteiger partial charge in [-0.15, -0.1) is 6.42 Å². The zero-order chi connectivity index (χ0) is 30.3. The molecule has 0 spiro atoms. The predicted octanol–water partition coefficient (Wildman–Crippen LogP) is 2.06. The van der Waals surface area contributed by atoms with Gasteiger partial charge in [0, 0.05) is 35.9 Å². The first-order chi connectivity index (χ1) is 20.0. The number of amides is 2. The van der Waals surface area contributed by atoms with Gasteiger partial charge in [0.2, 0.25) is 18.1 Å². The Bertz CT molecular complexity index is 1620. The molecule has 216 valence electrons. The molecule has 1 aliphatic rings. The van der Waals surface area contributed by atoms with Gasteiger partial charge in [0.05, 0.1) is 32.5 Å². The number of aryl methyl sites for hydroxylation is 1. The highest BCUT2D eigenvalue weighted by Crippen LogP contribution is 2.24. The van der Waals surface area contributed by atoms with Gasteiger partial charge in [0.15, 0.2) is 5.69 Å². The number of fused-ring (bicyclic) bond motifs is 1. The molecular weight excluding hydrogens is 540 g/mol. The molecule has 0 aliphatic carbocycles. The maximum absolute atomic E-state index is 12.7. The third-order valence-electron chi connectivity index (χ3n) is 6.35. The van der Waals surface area contributed by atoms with Crippen molar-refractivity contribution in [2.24, 2.45) is 10.7 Å². The number of quaternary nitrogens is 1. The summed E-state index contributed by atoms with van der Waals surface area (Å²) in [7, 11) is 3.73. The molecule has 3 heterocycles. The summed E-state index contributed by atoms with van der Waals surface area (Å²) < 4.78 is 1.84. The number of hydrogen-bond acceptors (Lipinski definition) is 9. The number of imidazole rings is 1. The Morgan fingerprint density at radius 3 is 2.86 bits per heavy atom. The summed E-state index contributed by atoms with van der Waals surface area (Å²) in [5.74, 6) is 2.36. The van der Waals surface area contributed by atoms with E-state index in [0.29, 0.717) is 30.6 Å². The lowest BCUT2D eigenvalue weighted by Crippen LogP contribution is -2.39. The van der Waals surface area contributed by atoms with Crippen LogP contribution in [0.25, 0.3) is 0 Å². The van der Waals surface area contributed by atoms with Gasteiger partial charge >= 0.3 is 5.82 Å². The molecule has 5 N–H and O–H groups in total. The summed E-state index contributed by atoms with van der Waals surface area (Å²) in [4.78, 5) is 47.6. The fourth-order valence-electron chi connectivity index (χ4n) is 4.30. The number of nitrogens with zero attached hydrogens (tertiary/aromatic N) is 6. The SMILES string of the molecule is C#Cc1cccc(NC2=NCNc3cnc(NC(=O)/C=C/C[N+](C)(C)Cc4c([N+](=O)[O-])ncn4CCC(N)=O)cc32)c1. The van der Waals surface area contributed by atoms with Crippen LogP contribution < -0.4 is 21.7 Å². The number of aromatic nitrogens is 3. The van der Waals surface area contributed by atoms with E-state index in [1.165, 1.54) is 12.4 Å². The van der Waals surface area contributed by atoms with Crippen LogP contribution in [0.4, 0.5) is 23.0 Å². The van der Waals surface area contributed by atoms with Crippen LogP contribution in [0.2, 0.25) is 0 Å². The molecule has 0 radical (unpaired) electrons. The normalized spacial score (nSPS) is 12.5. The van der Waals surface area contributed by atoms with Crippen LogP contribution in [-0.4, -0.2) is 68.9 Å². The maximum Gasteiger partial charge on any atom is 0.390 e. The first-order valence-corrected chi connectivity index (χ1v) is 12.9. The van der Waals surface area contributed by atoms with Crippen LogP contribution in [-0.2, 0) is 22.7 Å². The van der Waals surface area contributed by atoms with E-state index in [-0.39, 0.29) is 29.8 Å². The zero-order valence-electron chi connectivity index (χ0n) is 23.2. The molecule has 2 aromatic heterocycles. The molecule has 0 fully saturated rings. The Hall–Kier alpha value is -5.55. The Labute approximate surface area is 242 Å². The molecule has 3 aromatic rings. The fourth-order valence-corrected chi connectivity index (χ4v) is 4.30. The Morgan fingerprint density at radius 1 is 1.31 bits per heavy atom. The molecule has 14 nitrogen and oxygen atoms in total. The maximum atomic E-state index is 12.7. The summed E-state index contributed by atoms with van der Waals surface area (Å²) in [6.45, 7) is 1.17. The van der Waals surface area contributed by atoms with Gasteiger partial charge in [-0.25, -0.2) is 9.98 Å². The number of terminal acetylenes is 1. The number of carbonyl (C=O) groups excluding carboxylic acids is 2. The van der Waals surface area contributed by atoms with E-state index in [9.17, 15) is 19.7 Å². The topological polar surface area (TPSA) is 182 Å². The van der Waals surface area contributed by atoms with Gasteiger partial charge in [0.25, 0.3) is 0 Å². The third kappa shape index (κ3) is 7.55. The van der Waals surface area contributed by atoms with Crippen molar-refractivity contribution in [3.63, 3.8) is 0 Å². The quantitative estimate of drug-likeness (QED) is 0.0886. The van der Waals surface area contributed by atoms with Crippen molar-refractivity contribution in [3.8, 4) is 12.3 Å². The Kier molecular flexibility index (Phi) is 8.93. The zero-order valence-corrected chi connectivity index (χ0v) is 23.2. The number of amidine groups is 1. The first-order valence-electron chi connectivity index (χ1n) is 12.9. The molecule has 2 amide bonds. The highest BCUT2D eigenvalue weighted by Gasteiger charge is 2.28. The smallest absolute Gasteiger partial charge is 0.370 e. The molecule has 4 rings (SSSR count). The van der Waals surface area contributed by atoms with E-state index in [4.69, 9.17) is 12.2 Å².